The zero-order chi connectivity index (χ0) is 20.2. The van der Waals surface area contributed by atoms with Crippen LogP contribution >= 0.6 is 11.8 Å². The third kappa shape index (κ3) is 5.80. The Bertz CT molecular complexity index is 796. The third-order valence-electron chi connectivity index (χ3n) is 3.59. The van der Waals surface area contributed by atoms with Crippen molar-refractivity contribution in [2.75, 3.05) is 12.8 Å². The molecule has 2 aromatic carbocycles. The van der Waals surface area contributed by atoms with E-state index in [1.54, 1.807) is 12.1 Å². The van der Waals surface area contributed by atoms with Gasteiger partial charge in [0.1, 0.15) is 5.75 Å². The Kier molecular flexibility index (Phi) is 6.61. The Hall–Kier alpha value is -2.39. The highest BCUT2D eigenvalue weighted by atomic mass is 32.2. The number of alkyl halides is 3. The molecule has 2 atom stereocenters. The second-order valence-corrected chi connectivity index (χ2v) is 6.85. The van der Waals surface area contributed by atoms with Crippen LogP contribution in [0.3, 0.4) is 0 Å². The van der Waals surface area contributed by atoms with Gasteiger partial charge in [0.05, 0.1) is 12.4 Å². The minimum absolute atomic E-state index is 0.405. The topological polar surface area (TPSA) is 81.8 Å². The molecule has 27 heavy (non-hydrogen) atoms. The second-order valence-electron chi connectivity index (χ2n) is 5.66. The highest BCUT2D eigenvalue weighted by Gasteiger charge is 2.32. The number of aryl methyl sites for hydroxylation is 1. The molecule has 0 unspecified atom stereocenters. The number of carbonyl (C=O) groups excluding carboxylic acids is 1. The Balaban J connectivity index is 2.35. The van der Waals surface area contributed by atoms with Crippen molar-refractivity contribution in [3.05, 3.63) is 53.6 Å². The van der Waals surface area contributed by atoms with Crippen LogP contribution in [0.5, 0.6) is 5.75 Å². The van der Waals surface area contributed by atoms with E-state index in [1.165, 1.54) is 12.1 Å². The Morgan fingerprint density at radius 1 is 1.19 bits per heavy atom. The smallest absolute Gasteiger partial charge is 0.467 e. The molecule has 0 aliphatic carbocycles. The summed E-state index contributed by atoms with van der Waals surface area (Å²) in [5.74, 6) is -1.27. The van der Waals surface area contributed by atoms with Crippen LogP contribution in [-0.4, -0.2) is 30.7 Å². The maximum Gasteiger partial charge on any atom is 0.573 e. The first kappa shape index (κ1) is 20.9. The Morgan fingerprint density at radius 3 is 2.37 bits per heavy atom. The molecule has 5 nitrogen and oxygen atoms in total. The number of thioether (sulfide) groups is 1. The number of carbonyl (C=O) groups is 1. The molecule has 2 rings (SSSR count). The second kappa shape index (κ2) is 8.53. The molecule has 0 bridgehead atoms. The number of esters is 1. The summed E-state index contributed by atoms with van der Waals surface area (Å²) in [6.07, 6.45) is -6.36. The van der Waals surface area contributed by atoms with Gasteiger partial charge in [-0.25, -0.2) is 4.79 Å². The number of ether oxygens (including phenoxy) is 2. The van der Waals surface area contributed by atoms with Gasteiger partial charge >= 0.3 is 12.3 Å². The van der Waals surface area contributed by atoms with Crippen molar-refractivity contribution in [2.45, 2.75) is 29.5 Å². The van der Waals surface area contributed by atoms with E-state index in [2.05, 4.69) is 9.47 Å². The van der Waals surface area contributed by atoms with Crippen molar-refractivity contribution in [3.8, 4) is 5.75 Å². The molecule has 9 heteroatoms. The normalized spacial score (nSPS) is 13.7. The molecule has 0 aromatic heterocycles. The average Bonchev–Trinajstić information content (AvgIpc) is 2.60. The van der Waals surface area contributed by atoms with Crippen molar-refractivity contribution in [3.63, 3.8) is 0 Å². The zero-order valence-corrected chi connectivity index (χ0v) is 15.3. The molecule has 0 heterocycles. The van der Waals surface area contributed by atoms with Crippen LogP contribution < -0.4 is 10.5 Å². The van der Waals surface area contributed by atoms with E-state index in [4.69, 9.17) is 5.73 Å². The molecule has 2 aromatic rings. The van der Waals surface area contributed by atoms with Gasteiger partial charge in [-0.1, -0.05) is 18.2 Å². The number of halogens is 3. The fraction of sp³-hybridized carbons (Fsp3) is 0.278. The molecule has 0 fully saturated rings. The highest BCUT2D eigenvalue weighted by molar-refractivity contribution is 7.99. The summed E-state index contributed by atoms with van der Waals surface area (Å²) in [7, 11) is 1.13. The summed E-state index contributed by atoms with van der Waals surface area (Å²) < 4.78 is 45.4. The van der Waals surface area contributed by atoms with E-state index in [1.807, 2.05) is 13.0 Å². The van der Waals surface area contributed by atoms with Gasteiger partial charge in [0.15, 0.2) is 6.10 Å². The van der Waals surface area contributed by atoms with E-state index in [9.17, 15) is 23.1 Å². The summed E-state index contributed by atoms with van der Waals surface area (Å²) in [6, 6.07) is 10.2. The number of nitrogen functional groups attached to an aromatic ring is 1. The Morgan fingerprint density at radius 2 is 1.81 bits per heavy atom. The number of hydrogen-bond acceptors (Lipinski definition) is 6. The predicted octanol–water partition coefficient (Wildman–Crippen LogP) is 3.84. The van der Waals surface area contributed by atoms with Crippen molar-refractivity contribution < 1.29 is 32.5 Å². The molecule has 0 saturated heterocycles. The minimum Gasteiger partial charge on any atom is -0.467 e. The average molecular weight is 401 g/mol. The molecular weight excluding hydrogens is 383 g/mol. The quantitative estimate of drug-likeness (QED) is 0.435. The van der Waals surface area contributed by atoms with Gasteiger partial charge < -0.3 is 20.3 Å². The van der Waals surface area contributed by atoms with E-state index < -0.39 is 29.4 Å². The van der Waals surface area contributed by atoms with Gasteiger partial charge in [0, 0.05) is 10.6 Å². The van der Waals surface area contributed by atoms with Crippen LogP contribution in [0.1, 0.15) is 16.4 Å². The van der Waals surface area contributed by atoms with Crippen LogP contribution in [0.4, 0.5) is 18.9 Å². The van der Waals surface area contributed by atoms with Gasteiger partial charge in [0.25, 0.3) is 0 Å². The van der Waals surface area contributed by atoms with Crippen LogP contribution in [0, 0.1) is 6.92 Å². The summed E-state index contributed by atoms with van der Waals surface area (Å²) in [5, 5.41) is 9.51. The number of nitrogens with two attached hydrogens (primary N) is 1. The lowest BCUT2D eigenvalue weighted by molar-refractivity contribution is -0.274. The van der Waals surface area contributed by atoms with E-state index in [0.29, 0.717) is 16.1 Å². The van der Waals surface area contributed by atoms with Crippen molar-refractivity contribution >= 4 is 23.4 Å². The number of rotatable bonds is 6. The minimum atomic E-state index is -4.81. The number of methoxy groups -OCH3 is 1. The fourth-order valence-electron chi connectivity index (χ4n) is 2.30. The van der Waals surface area contributed by atoms with Crippen LogP contribution in [0.15, 0.2) is 47.4 Å². The van der Waals surface area contributed by atoms with Crippen LogP contribution in [0.2, 0.25) is 0 Å². The number of anilines is 1. The first-order valence-corrected chi connectivity index (χ1v) is 8.63. The number of aliphatic hydroxyl groups is 1. The molecule has 0 spiro atoms. The lowest BCUT2D eigenvalue weighted by atomic mass is 10.1. The van der Waals surface area contributed by atoms with Gasteiger partial charge in [0.2, 0.25) is 0 Å². The molecule has 0 aliphatic heterocycles. The largest absolute Gasteiger partial charge is 0.573 e. The number of benzene rings is 2. The maximum absolute atomic E-state index is 12.3. The number of hydrogen-bond donors (Lipinski definition) is 2. The Labute approximate surface area is 158 Å². The number of aliphatic hydroxyl groups excluding tert-OH is 1. The molecule has 0 amide bonds. The van der Waals surface area contributed by atoms with E-state index >= 15 is 0 Å². The first-order valence-electron chi connectivity index (χ1n) is 7.75. The maximum atomic E-state index is 12.3. The predicted molar refractivity (Wildman–Crippen MR) is 95.3 cm³/mol. The highest BCUT2D eigenvalue weighted by Crippen LogP contribution is 2.41. The summed E-state index contributed by atoms with van der Waals surface area (Å²) in [5.41, 5.74) is 7.74. The lowest BCUT2D eigenvalue weighted by Crippen LogP contribution is -2.27. The molecule has 0 radical (unpaired) electrons. The molecule has 0 saturated carbocycles. The fourth-order valence-corrected chi connectivity index (χ4v) is 3.56. The first-order chi connectivity index (χ1) is 12.6. The van der Waals surface area contributed by atoms with Crippen molar-refractivity contribution in [1.82, 2.24) is 0 Å². The summed E-state index contributed by atoms with van der Waals surface area (Å²) in [4.78, 5) is 12.5. The van der Waals surface area contributed by atoms with Gasteiger partial charge in [-0.2, -0.15) is 0 Å². The van der Waals surface area contributed by atoms with Crippen LogP contribution in [-0.2, 0) is 9.53 Å². The van der Waals surface area contributed by atoms with Crippen molar-refractivity contribution in [1.29, 1.82) is 0 Å². The molecule has 3 N–H and O–H groups in total. The molecule has 0 aliphatic rings. The van der Waals surface area contributed by atoms with Gasteiger partial charge in [-0.05, 0) is 42.3 Å². The zero-order valence-electron chi connectivity index (χ0n) is 14.5. The standard InChI is InChI=1S/C18H18F3NO4S/c1-10-3-8-13(22)14(9-10)27-16(15(23)17(24)25-2)11-4-6-12(7-5-11)26-18(19,20)21/h3-9,15-16,23H,22H2,1-2H3/t15-,16+/m0/s1. The molecular formula is C18H18F3NO4S. The lowest BCUT2D eigenvalue weighted by Gasteiger charge is -2.22. The van der Waals surface area contributed by atoms with Crippen LogP contribution in [0.25, 0.3) is 0 Å². The molecule has 146 valence electrons. The van der Waals surface area contributed by atoms with Gasteiger partial charge in [-0.15, -0.1) is 24.9 Å². The summed E-state index contributed by atoms with van der Waals surface area (Å²) >= 11 is 1.11. The van der Waals surface area contributed by atoms with E-state index in [0.717, 1.165) is 36.6 Å². The third-order valence-corrected chi connectivity index (χ3v) is 4.99. The summed E-state index contributed by atoms with van der Waals surface area (Å²) in [6.45, 7) is 1.86. The van der Waals surface area contributed by atoms with Gasteiger partial charge in [-0.3, -0.25) is 0 Å². The SMILES string of the molecule is COC(=O)[C@@H](O)[C@H](Sc1cc(C)ccc1N)c1ccc(OC(F)(F)F)cc1. The van der Waals surface area contributed by atoms with E-state index in [-0.39, 0.29) is 0 Å². The monoisotopic (exact) mass is 401 g/mol. The van der Waals surface area contributed by atoms with Crippen molar-refractivity contribution in [2.24, 2.45) is 0 Å².